The molecule has 0 amide bonds. The molecule has 1 atom stereocenters. The van der Waals surface area contributed by atoms with Crippen LogP contribution in [0, 0.1) is 0 Å². The zero-order chi connectivity index (χ0) is 19.9. The van der Waals surface area contributed by atoms with Crippen LogP contribution in [0.2, 0.25) is 0 Å². The van der Waals surface area contributed by atoms with Gasteiger partial charge in [0.05, 0.1) is 16.7 Å². The van der Waals surface area contributed by atoms with E-state index >= 15 is 0 Å². The minimum atomic E-state index is -4.88. The Balaban J connectivity index is 2.29. The lowest BCUT2D eigenvalue weighted by Crippen LogP contribution is -2.58. The van der Waals surface area contributed by atoms with E-state index in [4.69, 9.17) is 0 Å². The second kappa shape index (κ2) is 6.83. The van der Waals surface area contributed by atoms with Gasteiger partial charge in [0.15, 0.2) is 0 Å². The van der Waals surface area contributed by atoms with Gasteiger partial charge in [-0.1, -0.05) is 30.3 Å². The molecule has 2 aromatic rings. The molecule has 146 valence electrons. The minimum Gasteiger partial charge on any atom is -0.313 e. The molecule has 8 heteroatoms. The second-order valence-electron chi connectivity index (χ2n) is 6.62. The average molecular weight is 388 g/mol. The van der Waals surface area contributed by atoms with Crippen molar-refractivity contribution in [3.63, 3.8) is 0 Å². The lowest BCUT2D eigenvalue weighted by Gasteiger charge is -2.47. The SMILES string of the molecule is CN1CCNCC1(c1ccccc1)c1cc(C(F)(F)F)cc(C(F)(F)F)c1. The molecule has 2 nitrogen and oxygen atoms in total. The highest BCUT2D eigenvalue weighted by Gasteiger charge is 2.44. The van der Waals surface area contributed by atoms with Gasteiger partial charge in [-0.3, -0.25) is 4.90 Å². The molecule has 2 aromatic carbocycles. The van der Waals surface area contributed by atoms with E-state index in [0.717, 1.165) is 12.1 Å². The van der Waals surface area contributed by atoms with Gasteiger partial charge < -0.3 is 5.32 Å². The summed E-state index contributed by atoms with van der Waals surface area (Å²) in [7, 11) is 1.71. The Kier molecular flexibility index (Phi) is 4.98. The minimum absolute atomic E-state index is 0.0365. The third kappa shape index (κ3) is 3.68. The molecule has 0 spiro atoms. The first-order chi connectivity index (χ1) is 12.5. The zero-order valence-electron chi connectivity index (χ0n) is 14.5. The number of hydrogen-bond acceptors (Lipinski definition) is 2. The molecule has 0 radical (unpaired) electrons. The van der Waals surface area contributed by atoms with E-state index in [9.17, 15) is 26.3 Å². The fourth-order valence-electron chi connectivity index (χ4n) is 3.56. The number of nitrogens with one attached hydrogen (secondary N) is 1. The molecule has 0 aromatic heterocycles. The number of piperazine rings is 1. The number of hydrogen-bond donors (Lipinski definition) is 1. The first kappa shape index (κ1) is 19.7. The largest absolute Gasteiger partial charge is 0.416 e. The Hall–Kier alpha value is -2.06. The van der Waals surface area contributed by atoms with Crippen LogP contribution < -0.4 is 5.32 Å². The van der Waals surface area contributed by atoms with Gasteiger partial charge in [0, 0.05) is 19.6 Å². The second-order valence-corrected chi connectivity index (χ2v) is 6.62. The summed E-state index contributed by atoms with van der Waals surface area (Å²) in [6.45, 7) is 1.27. The summed E-state index contributed by atoms with van der Waals surface area (Å²) in [6, 6.07) is 10.4. The number of benzene rings is 2. The molecule has 0 aliphatic carbocycles. The number of halogens is 6. The van der Waals surface area contributed by atoms with Crippen molar-refractivity contribution >= 4 is 0 Å². The van der Waals surface area contributed by atoms with Gasteiger partial charge in [-0.2, -0.15) is 26.3 Å². The van der Waals surface area contributed by atoms with Crippen molar-refractivity contribution in [3.05, 3.63) is 70.8 Å². The third-order valence-electron chi connectivity index (χ3n) is 4.97. The molecule has 27 heavy (non-hydrogen) atoms. The highest BCUT2D eigenvalue weighted by molar-refractivity contribution is 5.45. The predicted octanol–water partition coefficient (Wildman–Crippen LogP) is 4.50. The third-order valence-corrected chi connectivity index (χ3v) is 4.97. The standard InChI is InChI=1S/C19H18F6N2/c1-27-8-7-26-12-17(27,13-5-3-2-4-6-13)14-9-15(18(20,21)22)11-16(10-14)19(23,24)25/h2-6,9-11,26H,7-8,12H2,1H3. The van der Waals surface area contributed by atoms with Gasteiger partial charge in [0.1, 0.15) is 0 Å². The number of likely N-dealkylation sites (N-methyl/N-ethyl adjacent to an activating group) is 1. The van der Waals surface area contributed by atoms with Crippen molar-refractivity contribution in [1.29, 1.82) is 0 Å². The molecular weight excluding hydrogens is 370 g/mol. The monoisotopic (exact) mass is 388 g/mol. The van der Waals surface area contributed by atoms with Crippen molar-refractivity contribution in [2.45, 2.75) is 17.9 Å². The smallest absolute Gasteiger partial charge is 0.313 e. The Morgan fingerprint density at radius 3 is 1.89 bits per heavy atom. The Morgan fingerprint density at radius 1 is 0.852 bits per heavy atom. The summed E-state index contributed by atoms with van der Waals surface area (Å²) < 4.78 is 80.0. The average Bonchev–Trinajstić information content (AvgIpc) is 2.61. The van der Waals surface area contributed by atoms with Gasteiger partial charge >= 0.3 is 12.4 Å². The molecule has 1 N–H and O–H groups in total. The van der Waals surface area contributed by atoms with Crippen molar-refractivity contribution < 1.29 is 26.3 Å². The first-order valence-electron chi connectivity index (χ1n) is 8.32. The molecule has 0 bridgehead atoms. The highest BCUT2D eigenvalue weighted by atomic mass is 19.4. The van der Waals surface area contributed by atoms with Crippen molar-refractivity contribution in [2.75, 3.05) is 26.7 Å². The molecule has 1 aliphatic rings. The summed E-state index contributed by atoms with van der Waals surface area (Å²) >= 11 is 0. The Labute approximate surface area is 152 Å². The lowest BCUT2D eigenvalue weighted by molar-refractivity contribution is -0.143. The van der Waals surface area contributed by atoms with Crippen LogP contribution in [-0.4, -0.2) is 31.6 Å². The van der Waals surface area contributed by atoms with E-state index in [1.165, 1.54) is 0 Å². The van der Waals surface area contributed by atoms with Crippen LogP contribution in [0.4, 0.5) is 26.3 Å². The molecule has 3 rings (SSSR count). The Morgan fingerprint density at radius 2 is 1.41 bits per heavy atom. The maximum Gasteiger partial charge on any atom is 0.416 e. The van der Waals surface area contributed by atoms with Crippen LogP contribution in [0.3, 0.4) is 0 Å². The predicted molar refractivity (Wildman–Crippen MR) is 89.2 cm³/mol. The van der Waals surface area contributed by atoms with Gasteiger partial charge in [0.2, 0.25) is 0 Å². The molecule has 1 aliphatic heterocycles. The van der Waals surface area contributed by atoms with Gasteiger partial charge in [0.25, 0.3) is 0 Å². The topological polar surface area (TPSA) is 15.3 Å². The molecule has 1 fully saturated rings. The number of rotatable bonds is 2. The normalized spacial score (nSPS) is 22.0. The lowest BCUT2D eigenvalue weighted by atomic mass is 9.78. The summed E-state index contributed by atoms with van der Waals surface area (Å²) in [6.07, 6.45) is -9.76. The Bertz CT molecular complexity index is 768. The van der Waals surface area contributed by atoms with Crippen LogP contribution in [0.25, 0.3) is 0 Å². The van der Waals surface area contributed by atoms with E-state index in [1.807, 2.05) is 0 Å². The van der Waals surface area contributed by atoms with Crippen molar-refractivity contribution in [2.24, 2.45) is 0 Å². The van der Waals surface area contributed by atoms with E-state index < -0.39 is 29.0 Å². The summed E-state index contributed by atoms with van der Waals surface area (Å²) in [5, 5.41) is 3.12. The molecule has 1 unspecified atom stereocenters. The van der Waals surface area contributed by atoms with Crippen LogP contribution in [0.15, 0.2) is 48.5 Å². The van der Waals surface area contributed by atoms with Crippen molar-refractivity contribution in [1.82, 2.24) is 10.2 Å². The molecule has 0 saturated carbocycles. The molecule has 1 heterocycles. The molecule has 1 saturated heterocycles. The van der Waals surface area contributed by atoms with E-state index in [0.29, 0.717) is 18.7 Å². The number of alkyl halides is 6. The highest BCUT2D eigenvalue weighted by Crippen LogP contribution is 2.42. The van der Waals surface area contributed by atoms with Crippen LogP contribution in [-0.2, 0) is 17.9 Å². The fraction of sp³-hybridized carbons (Fsp3) is 0.368. The van der Waals surface area contributed by atoms with Crippen LogP contribution in [0.5, 0.6) is 0 Å². The van der Waals surface area contributed by atoms with E-state index in [1.54, 1.807) is 42.3 Å². The maximum absolute atomic E-state index is 13.3. The van der Waals surface area contributed by atoms with Gasteiger partial charge in [-0.05, 0) is 36.4 Å². The fourth-order valence-corrected chi connectivity index (χ4v) is 3.56. The van der Waals surface area contributed by atoms with Crippen molar-refractivity contribution in [3.8, 4) is 0 Å². The van der Waals surface area contributed by atoms with Crippen LogP contribution >= 0.6 is 0 Å². The summed E-state index contributed by atoms with van der Waals surface area (Å²) in [4.78, 5) is 1.80. The summed E-state index contributed by atoms with van der Waals surface area (Å²) in [5.74, 6) is 0. The van der Waals surface area contributed by atoms with Gasteiger partial charge in [-0.15, -0.1) is 0 Å². The zero-order valence-corrected chi connectivity index (χ0v) is 14.5. The molecular formula is C19H18F6N2. The number of nitrogens with zero attached hydrogens (tertiary/aromatic N) is 1. The first-order valence-corrected chi connectivity index (χ1v) is 8.32. The quantitative estimate of drug-likeness (QED) is 0.762. The van der Waals surface area contributed by atoms with E-state index in [2.05, 4.69) is 5.32 Å². The van der Waals surface area contributed by atoms with Crippen LogP contribution in [0.1, 0.15) is 22.3 Å². The maximum atomic E-state index is 13.3. The van der Waals surface area contributed by atoms with Gasteiger partial charge in [-0.25, -0.2) is 0 Å². The summed E-state index contributed by atoms with van der Waals surface area (Å²) in [5.41, 5.74) is -3.15. The van der Waals surface area contributed by atoms with E-state index in [-0.39, 0.29) is 18.2 Å².